The van der Waals surface area contributed by atoms with Crippen LogP contribution in [0.3, 0.4) is 0 Å². The lowest BCUT2D eigenvalue weighted by atomic mass is 10.1. The molecule has 0 atom stereocenters. The zero-order chi connectivity index (χ0) is 11.5. The van der Waals surface area contributed by atoms with Crippen LogP contribution in [0.2, 0.25) is 0 Å². The number of pyridine rings is 1. The quantitative estimate of drug-likeness (QED) is 0.723. The normalized spacial score (nSPS) is 10.4. The van der Waals surface area contributed by atoms with Crippen molar-refractivity contribution < 1.29 is 9.53 Å². The van der Waals surface area contributed by atoms with Gasteiger partial charge in [0, 0.05) is 11.6 Å². The fourth-order valence-corrected chi connectivity index (χ4v) is 1.58. The molecule has 0 aliphatic rings. The largest absolute Gasteiger partial charge is 0.461 e. The molecule has 3 nitrogen and oxygen atoms in total. The minimum atomic E-state index is -0.370. The monoisotopic (exact) mass is 215 g/mol. The van der Waals surface area contributed by atoms with Gasteiger partial charge in [0.05, 0.1) is 6.61 Å². The van der Waals surface area contributed by atoms with Gasteiger partial charge in [0.15, 0.2) is 0 Å². The van der Waals surface area contributed by atoms with Crippen molar-refractivity contribution >= 4 is 16.7 Å². The summed E-state index contributed by atoms with van der Waals surface area (Å²) in [4.78, 5) is 15.6. The summed E-state index contributed by atoms with van der Waals surface area (Å²) < 4.78 is 4.90. The van der Waals surface area contributed by atoms with Gasteiger partial charge < -0.3 is 4.74 Å². The second kappa shape index (κ2) is 4.31. The zero-order valence-corrected chi connectivity index (χ0v) is 9.36. The van der Waals surface area contributed by atoms with Crippen molar-refractivity contribution in [3.8, 4) is 0 Å². The van der Waals surface area contributed by atoms with E-state index in [0.29, 0.717) is 12.3 Å². The smallest absolute Gasteiger partial charge is 0.356 e. The maximum atomic E-state index is 11.5. The zero-order valence-electron chi connectivity index (χ0n) is 9.36. The molecule has 0 spiro atoms. The van der Waals surface area contributed by atoms with Crippen LogP contribution in [0.5, 0.6) is 0 Å². The van der Waals surface area contributed by atoms with Crippen LogP contribution in [0.1, 0.15) is 23.0 Å². The molecule has 0 unspecified atom stereocenters. The lowest BCUT2D eigenvalue weighted by Crippen LogP contribution is -2.06. The van der Waals surface area contributed by atoms with Crippen molar-refractivity contribution in [2.75, 3.05) is 6.61 Å². The van der Waals surface area contributed by atoms with E-state index in [0.717, 1.165) is 10.8 Å². The first-order valence-corrected chi connectivity index (χ1v) is 5.24. The summed E-state index contributed by atoms with van der Waals surface area (Å²) in [7, 11) is 0. The van der Waals surface area contributed by atoms with Gasteiger partial charge in [0.1, 0.15) is 5.69 Å². The highest BCUT2D eigenvalue weighted by atomic mass is 16.5. The molecular weight excluding hydrogens is 202 g/mol. The second-order valence-corrected chi connectivity index (χ2v) is 3.64. The number of hydrogen-bond donors (Lipinski definition) is 0. The Balaban J connectivity index is 2.44. The van der Waals surface area contributed by atoms with E-state index >= 15 is 0 Å². The van der Waals surface area contributed by atoms with Crippen LogP contribution >= 0.6 is 0 Å². The highest BCUT2D eigenvalue weighted by Crippen LogP contribution is 2.16. The predicted molar refractivity (Wildman–Crippen MR) is 62.4 cm³/mol. The Morgan fingerprint density at radius 2 is 2.12 bits per heavy atom. The fraction of sp³-hybridized carbons (Fsp3) is 0.231. The van der Waals surface area contributed by atoms with Crippen LogP contribution in [0, 0.1) is 6.92 Å². The number of fused-ring (bicyclic) bond motifs is 1. The van der Waals surface area contributed by atoms with Crippen LogP contribution in [0.15, 0.2) is 30.5 Å². The van der Waals surface area contributed by atoms with Crippen LogP contribution in [-0.2, 0) is 4.74 Å². The van der Waals surface area contributed by atoms with Crippen molar-refractivity contribution in [2.24, 2.45) is 0 Å². The molecule has 1 heterocycles. The molecule has 3 heteroatoms. The molecule has 0 saturated heterocycles. The van der Waals surface area contributed by atoms with E-state index in [1.165, 1.54) is 5.56 Å². The molecule has 2 rings (SSSR count). The van der Waals surface area contributed by atoms with E-state index in [4.69, 9.17) is 4.74 Å². The van der Waals surface area contributed by atoms with Gasteiger partial charge >= 0.3 is 5.97 Å². The molecule has 2 aromatic rings. The number of aryl methyl sites for hydroxylation is 1. The second-order valence-electron chi connectivity index (χ2n) is 3.64. The average molecular weight is 215 g/mol. The molecule has 16 heavy (non-hydrogen) atoms. The van der Waals surface area contributed by atoms with Crippen molar-refractivity contribution in [1.82, 2.24) is 4.98 Å². The number of rotatable bonds is 2. The predicted octanol–water partition coefficient (Wildman–Crippen LogP) is 2.72. The number of aromatic nitrogens is 1. The molecule has 1 aromatic heterocycles. The highest BCUT2D eigenvalue weighted by Gasteiger charge is 2.08. The van der Waals surface area contributed by atoms with Gasteiger partial charge in [-0.2, -0.15) is 0 Å². The molecule has 0 N–H and O–H groups in total. The minimum absolute atomic E-state index is 0.359. The molecule has 82 valence electrons. The third-order valence-electron chi connectivity index (χ3n) is 2.36. The van der Waals surface area contributed by atoms with E-state index < -0.39 is 0 Å². The molecule has 0 saturated carbocycles. The number of nitrogens with zero attached hydrogens (tertiary/aromatic N) is 1. The van der Waals surface area contributed by atoms with Gasteiger partial charge in [0.2, 0.25) is 0 Å². The summed E-state index contributed by atoms with van der Waals surface area (Å²) in [6, 6.07) is 7.79. The Morgan fingerprint density at radius 3 is 2.88 bits per heavy atom. The first-order valence-electron chi connectivity index (χ1n) is 5.24. The Labute approximate surface area is 94.1 Å². The van der Waals surface area contributed by atoms with E-state index in [1.807, 2.05) is 25.1 Å². The number of esters is 1. The first kappa shape index (κ1) is 10.6. The Kier molecular flexibility index (Phi) is 2.86. The molecule has 0 fully saturated rings. The van der Waals surface area contributed by atoms with Crippen LogP contribution in [0.25, 0.3) is 10.8 Å². The van der Waals surface area contributed by atoms with E-state index in [1.54, 1.807) is 19.2 Å². The third-order valence-corrected chi connectivity index (χ3v) is 2.36. The molecule has 0 aliphatic carbocycles. The maximum absolute atomic E-state index is 11.5. The van der Waals surface area contributed by atoms with E-state index in [9.17, 15) is 4.79 Å². The Hall–Kier alpha value is -1.90. The van der Waals surface area contributed by atoms with Crippen molar-refractivity contribution in [3.05, 3.63) is 41.7 Å². The number of benzene rings is 1. The SMILES string of the molecule is CCOC(=O)c1cc2ccc(C)cc2cn1. The number of ether oxygens (including phenoxy) is 1. The standard InChI is InChI=1S/C13H13NO2/c1-3-16-13(15)12-7-10-5-4-9(2)6-11(10)8-14-12/h4-8H,3H2,1-2H3. The fourth-order valence-electron chi connectivity index (χ4n) is 1.58. The van der Waals surface area contributed by atoms with Gasteiger partial charge in [-0.1, -0.05) is 17.7 Å². The van der Waals surface area contributed by atoms with Crippen molar-refractivity contribution in [2.45, 2.75) is 13.8 Å². The van der Waals surface area contributed by atoms with Crippen LogP contribution < -0.4 is 0 Å². The summed E-state index contributed by atoms with van der Waals surface area (Å²) in [6.45, 7) is 4.17. The molecule has 0 radical (unpaired) electrons. The summed E-state index contributed by atoms with van der Waals surface area (Å²) in [5.41, 5.74) is 1.54. The third kappa shape index (κ3) is 2.03. The Morgan fingerprint density at radius 1 is 1.31 bits per heavy atom. The lowest BCUT2D eigenvalue weighted by Gasteiger charge is -2.03. The molecular formula is C13H13NO2. The van der Waals surface area contributed by atoms with Gasteiger partial charge in [-0.15, -0.1) is 0 Å². The number of carbonyl (C=O) groups is 1. The van der Waals surface area contributed by atoms with Crippen molar-refractivity contribution in [3.63, 3.8) is 0 Å². The van der Waals surface area contributed by atoms with Crippen molar-refractivity contribution in [1.29, 1.82) is 0 Å². The summed E-state index contributed by atoms with van der Waals surface area (Å²) in [5, 5.41) is 2.04. The number of carbonyl (C=O) groups excluding carboxylic acids is 1. The summed E-state index contributed by atoms with van der Waals surface area (Å²) in [5.74, 6) is -0.370. The van der Waals surface area contributed by atoms with Gasteiger partial charge in [-0.25, -0.2) is 9.78 Å². The van der Waals surface area contributed by atoms with Crippen LogP contribution in [0.4, 0.5) is 0 Å². The molecule has 0 aliphatic heterocycles. The van der Waals surface area contributed by atoms with Crippen LogP contribution in [-0.4, -0.2) is 17.6 Å². The molecule has 1 aromatic carbocycles. The summed E-state index contributed by atoms with van der Waals surface area (Å²) >= 11 is 0. The Bertz CT molecular complexity index is 534. The first-order chi connectivity index (χ1) is 7.70. The highest BCUT2D eigenvalue weighted by molar-refractivity contribution is 5.93. The topological polar surface area (TPSA) is 39.2 Å². The average Bonchev–Trinajstić information content (AvgIpc) is 2.28. The van der Waals surface area contributed by atoms with Gasteiger partial charge in [0.25, 0.3) is 0 Å². The lowest BCUT2D eigenvalue weighted by molar-refractivity contribution is 0.0520. The molecule has 0 amide bonds. The minimum Gasteiger partial charge on any atom is -0.461 e. The van der Waals surface area contributed by atoms with E-state index in [-0.39, 0.29) is 5.97 Å². The number of hydrogen-bond acceptors (Lipinski definition) is 3. The maximum Gasteiger partial charge on any atom is 0.356 e. The van der Waals surface area contributed by atoms with Gasteiger partial charge in [-0.05, 0) is 31.4 Å². The molecule has 0 bridgehead atoms. The van der Waals surface area contributed by atoms with E-state index in [2.05, 4.69) is 4.98 Å². The van der Waals surface area contributed by atoms with Gasteiger partial charge in [-0.3, -0.25) is 0 Å². The summed E-state index contributed by atoms with van der Waals surface area (Å²) in [6.07, 6.45) is 1.70.